The van der Waals surface area contributed by atoms with Crippen molar-refractivity contribution in [1.29, 1.82) is 0 Å². The Morgan fingerprint density at radius 1 is 1.13 bits per heavy atom. The molecule has 1 saturated heterocycles. The maximum Gasteiger partial charge on any atom is 0.251 e. The van der Waals surface area contributed by atoms with Crippen LogP contribution in [-0.4, -0.2) is 55.8 Å². The van der Waals surface area contributed by atoms with E-state index < -0.39 is 0 Å². The monoisotopic (exact) mass is 426 g/mol. The van der Waals surface area contributed by atoms with Crippen molar-refractivity contribution in [3.05, 3.63) is 48.2 Å². The number of pyridine rings is 1. The van der Waals surface area contributed by atoms with E-state index in [1.807, 2.05) is 12.1 Å². The summed E-state index contributed by atoms with van der Waals surface area (Å²) in [6.45, 7) is 6.12. The zero-order valence-electron chi connectivity index (χ0n) is 18.3. The molecular formula is C23H30N4O4. The van der Waals surface area contributed by atoms with Gasteiger partial charge in [-0.2, -0.15) is 0 Å². The Hall–Kier alpha value is -3.13. The van der Waals surface area contributed by atoms with Crippen molar-refractivity contribution >= 4 is 23.3 Å². The van der Waals surface area contributed by atoms with Gasteiger partial charge in [0.15, 0.2) is 0 Å². The van der Waals surface area contributed by atoms with Gasteiger partial charge < -0.3 is 25.0 Å². The fraction of sp³-hybridized carbons (Fsp3) is 0.435. The quantitative estimate of drug-likeness (QED) is 0.631. The summed E-state index contributed by atoms with van der Waals surface area (Å²) in [5, 5.41) is 5.67. The minimum absolute atomic E-state index is 0.109. The van der Waals surface area contributed by atoms with Crippen LogP contribution in [0.5, 0.6) is 5.75 Å². The molecule has 166 valence electrons. The highest BCUT2D eigenvalue weighted by molar-refractivity contribution is 5.94. The minimum Gasteiger partial charge on any atom is -0.497 e. The van der Waals surface area contributed by atoms with E-state index in [9.17, 15) is 9.59 Å². The lowest BCUT2D eigenvalue weighted by atomic mass is 10.2. The van der Waals surface area contributed by atoms with E-state index in [1.54, 1.807) is 37.6 Å². The first kappa shape index (κ1) is 22.6. The molecular weight excluding hydrogens is 396 g/mol. The fourth-order valence-electron chi connectivity index (χ4n) is 3.53. The van der Waals surface area contributed by atoms with Gasteiger partial charge in [-0.25, -0.2) is 4.98 Å². The van der Waals surface area contributed by atoms with Crippen LogP contribution in [0.4, 0.5) is 11.5 Å². The summed E-state index contributed by atoms with van der Waals surface area (Å²) in [4.78, 5) is 31.0. The maximum atomic E-state index is 12.2. The molecule has 2 heterocycles. The number of carbonyl (C=O) groups is 2. The predicted molar refractivity (Wildman–Crippen MR) is 120 cm³/mol. The summed E-state index contributed by atoms with van der Waals surface area (Å²) < 4.78 is 10.8. The summed E-state index contributed by atoms with van der Waals surface area (Å²) in [5.74, 6) is 1.29. The lowest BCUT2D eigenvalue weighted by Gasteiger charge is -2.36. The van der Waals surface area contributed by atoms with Crippen molar-refractivity contribution in [2.75, 3.05) is 37.0 Å². The molecule has 8 heteroatoms. The van der Waals surface area contributed by atoms with Crippen molar-refractivity contribution in [3.63, 3.8) is 0 Å². The van der Waals surface area contributed by atoms with E-state index >= 15 is 0 Å². The third-order valence-corrected chi connectivity index (χ3v) is 4.99. The molecule has 1 aliphatic rings. The zero-order chi connectivity index (χ0) is 22.2. The molecule has 1 aromatic carbocycles. The molecule has 8 nitrogen and oxygen atoms in total. The molecule has 1 aliphatic heterocycles. The van der Waals surface area contributed by atoms with E-state index in [0.717, 1.165) is 18.9 Å². The second kappa shape index (κ2) is 10.8. The Balaban J connectivity index is 1.39. The van der Waals surface area contributed by atoms with Crippen LogP contribution in [0.2, 0.25) is 0 Å². The van der Waals surface area contributed by atoms with E-state index in [4.69, 9.17) is 9.47 Å². The number of benzene rings is 1. The summed E-state index contributed by atoms with van der Waals surface area (Å²) in [6.07, 6.45) is 2.85. The van der Waals surface area contributed by atoms with Crippen LogP contribution in [0, 0.1) is 0 Å². The molecule has 0 radical (unpaired) electrons. The highest BCUT2D eigenvalue weighted by Crippen LogP contribution is 2.19. The van der Waals surface area contributed by atoms with Gasteiger partial charge in [-0.05, 0) is 56.7 Å². The molecule has 2 N–H and O–H groups in total. The number of morpholine rings is 1. The number of anilines is 2. The number of methoxy groups -OCH3 is 1. The fourth-order valence-corrected chi connectivity index (χ4v) is 3.53. The van der Waals surface area contributed by atoms with Gasteiger partial charge in [0.1, 0.15) is 11.6 Å². The molecule has 3 rings (SSSR count). The Kier molecular flexibility index (Phi) is 7.83. The van der Waals surface area contributed by atoms with Crippen LogP contribution in [0.3, 0.4) is 0 Å². The summed E-state index contributed by atoms with van der Waals surface area (Å²) in [6, 6.07) is 10.7. The first-order valence-corrected chi connectivity index (χ1v) is 10.5. The molecule has 2 aromatic rings. The molecule has 0 bridgehead atoms. The van der Waals surface area contributed by atoms with Crippen LogP contribution < -0.4 is 20.3 Å². The van der Waals surface area contributed by atoms with Crippen molar-refractivity contribution < 1.29 is 19.1 Å². The Labute approximate surface area is 182 Å². The molecule has 1 fully saturated rings. The summed E-state index contributed by atoms with van der Waals surface area (Å²) in [7, 11) is 1.58. The number of nitrogens with zero attached hydrogens (tertiary/aromatic N) is 2. The van der Waals surface area contributed by atoms with Crippen molar-refractivity contribution in [1.82, 2.24) is 10.3 Å². The van der Waals surface area contributed by atoms with E-state index in [-0.39, 0.29) is 24.0 Å². The van der Waals surface area contributed by atoms with Crippen LogP contribution in [0.1, 0.15) is 37.0 Å². The largest absolute Gasteiger partial charge is 0.497 e. The van der Waals surface area contributed by atoms with Gasteiger partial charge in [0, 0.05) is 31.6 Å². The molecule has 1 aromatic heterocycles. The maximum absolute atomic E-state index is 12.2. The Bertz CT molecular complexity index is 860. The summed E-state index contributed by atoms with van der Waals surface area (Å²) >= 11 is 0. The Morgan fingerprint density at radius 3 is 2.45 bits per heavy atom. The summed E-state index contributed by atoms with van der Waals surface area (Å²) in [5.41, 5.74) is 1.21. The van der Waals surface area contributed by atoms with Gasteiger partial charge in [0.05, 0.1) is 31.2 Å². The van der Waals surface area contributed by atoms with Gasteiger partial charge in [0.25, 0.3) is 5.91 Å². The van der Waals surface area contributed by atoms with Crippen LogP contribution in [0.25, 0.3) is 0 Å². The van der Waals surface area contributed by atoms with Gasteiger partial charge in [0.2, 0.25) is 5.91 Å². The molecule has 2 atom stereocenters. The van der Waals surface area contributed by atoms with E-state index in [1.165, 1.54) is 0 Å². The number of hydrogen-bond donors (Lipinski definition) is 2. The second-order valence-electron chi connectivity index (χ2n) is 7.70. The van der Waals surface area contributed by atoms with E-state index in [0.29, 0.717) is 36.4 Å². The standard InChI is InChI=1S/C23H30N4O4/c1-16-14-27(15-17(2)31-16)21-11-8-19(13-25-21)26-22(28)5-4-12-24-23(29)18-6-9-20(30-3)10-7-18/h6-11,13,16-17H,4-5,12,14-15H2,1-3H3,(H,24,29)(H,26,28). The second-order valence-corrected chi connectivity index (χ2v) is 7.70. The first-order valence-electron chi connectivity index (χ1n) is 10.5. The molecule has 2 amide bonds. The third kappa shape index (κ3) is 6.68. The van der Waals surface area contributed by atoms with Gasteiger partial charge >= 0.3 is 0 Å². The highest BCUT2D eigenvalue weighted by Gasteiger charge is 2.23. The minimum atomic E-state index is -0.172. The average Bonchev–Trinajstić information content (AvgIpc) is 2.76. The van der Waals surface area contributed by atoms with Crippen molar-refractivity contribution in [2.45, 2.75) is 38.9 Å². The van der Waals surface area contributed by atoms with Crippen LogP contribution in [-0.2, 0) is 9.53 Å². The van der Waals surface area contributed by atoms with Gasteiger partial charge in [-0.3, -0.25) is 9.59 Å². The topological polar surface area (TPSA) is 92.8 Å². The van der Waals surface area contributed by atoms with Crippen LogP contribution >= 0.6 is 0 Å². The highest BCUT2D eigenvalue weighted by atomic mass is 16.5. The number of hydrogen-bond acceptors (Lipinski definition) is 6. The molecule has 31 heavy (non-hydrogen) atoms. The first-order chi connectivity index (χ1) is 14.9. The van der Waals surface area contributed by atoms with Crippen molar-refractivity contribution in [3.8, 4) is 5.75 Å². The predicted octanol–water partition coefficient (Wildman–Crippen LogP) is 2.85. The smallest absolute Gasteiger partial charge is 0.251 e. The third-order valence-electron chi connectivity index (χ3n) is 4.99. The number of amides is 2. The zero-order valence-corrected chi connectivity index (χ0v) is 18.3. The average molecular weight is 427 g/mol. The normalized spacial score (nSPS) is 18.4. The SMILES string of the molecule is COc1ccc(C(=O)NCCCC(=O)Nc2ccc(N3CC(C)OC(C)C3)nc2)cc1. The lowest BCUT2D eigenvalue weighted by Crippen LogP contribution is -2.45. The molecule has 0 saturated carbocycles. The van der Waals surface area contributed by atoms with Gasteiger partial charge in [-0.1, -0.05) is 0 Å². The van der Waals surface area contributed by atoms with E-state index in [2.05, 4.69) is 34.4 Å². The lowest BCUT2D eigenvalue weighted by molar-refractivity contribution is -0.116. The van der Waals surface area contributed by atoms with Crippen molar-refractivity contribution in [2.24, 2.45) is 0 Å². The number of rotatable bonds is 8. The molecule has 0 spiro atoms. The number of aromatic nitrogens is 1. The number of ether oxygens (including phenoxy) is 2. The number of carbonyl (C=O) groups excluding carboxylic acids is 2. The Morgan fingerprint density at radius 2 is 1.84 bits per heavy atom. The van der Waals surface area contributed by atoms with Gasteiger partial charge in [-0.15, -0.1) is 0 Å². The number of nitrogens with one attached hydrogen (secondary N) is 2. The molecule has 2 unspecified atom stereocenters. The van der Waals surface area contributed by atoms with Crippen LogP contribution in [0.15, 0.2) is 42.6 Å². The molecule has 0 aliphatic carbocycles.